The molecule has 0 N–H and O–H groups in total. The minimum Gasteiger partial charge on any atom is -0.380 e. The first-order valence-electron chi connectivity index (χ1n) is 7.02. The fourth-order valence-electron chi connectivity index (χ4n) is 1.89. The quantitative estimate of drug-likeness (QED) is 0.418. The largest absolute Gasteiger partial charge is 0.380 e. The number of hydrogen-bond acceptors (Lipinski definition) is 5. The fraction of sp³-hybridized carbons (Fsp3) is 0.643. The van der Waals surface area contributed by atoms with Gasteiger partial charge in [0.15, 0.2) is 0 Å². The SMILES string of the molecule is CCCCOCCn1nc(C2CC2)cc(SC#N)c1=O. The summed E-state index contributed by atoms with van der Waals surface area (Å²) < 4.78 is 6.92. The number of nitrogens with zero attached hydrogens (tertiary/aromatic N) is 3. The molecule has 0 unspecified atom stereocenters. The van der Waals surface area contributed by atoms with E-state index in [0.717, 1.165) is 43.1 Å². The van der Waals surface area contributed by atoms with Crippen LogP contribution in [0.1, 0.15) is 44.2 Å². The van der Waals surface area contributed by atoms with E-state index in [9.17, 15) is 4.79 Å². The molecule has 0 bridgehead atoms. The van der Waals surface area contributed by atoms with Crippen LogP contribution in [-0.2, 0) is 11.3 Å². The van der Waals surface area contributed by atoms with Crippen LogP contribution >= 0.6 is 11.8 Å². The Kier molecular flexibility index (Phi) is 5.62. The van der Waals surface area contributed by atoms with Crippen LogP contribution in [-0.4, -0.2) is 23.0 Å². The zero-order chi connectivity index (χ0) is 14.4. The molecule has 0 aromatic carbocycles. The molecule has 1 heterocycles. The Bertz CT molecular complexity index is 546. The maximum atomic E-state index is 12.1. The molecule has 0 aliphatic heterocycles. The minimum atomic E-state index is -0.194. The van der Waals surface area contributed by atoms with Gasteiger partial charge in [-0.3, -0.25) is 4.79 Å². The first kappa shape index (κ1) is 15.1. The van der Waals surface area contributed by atoms with Crippen LogP contribution in [0.4, 0.5) is 0 Å². The number of hydrogen-bond donors (Lipinski definition) is 0. The van der Waals surface area contributed by atoms with Crippen LogP contribution in [0.2, 0.25) is 0 Å². The molecular formula is C14H19N3O2S. The molecule has 0 amide bonds. The maximum absolute atomic E-state index is 12.1. The molecule has 0 atom stereocenters. The third-order valence-corrected chi connectivity index (χ3v) is 3.80. The number of thiocyanates is 1. The summed E-state index contributed by atoms with van der Waals surface area (Å²) in [6.07, 6.45) is 4.36. The Labute approximate surface area is 122 Å². The first-order chi connectivity index (χ1) is 9.76. The Morgan fingerprint density at radius 1 is 1.55 bits per heavy atom. The molecule has 1 aromatic rings. The van der Waals surface area contributed by atoms with Crippen LogP contribution in [0.5, 0.6) is 0 Å². The van der Waals surface area contributed by atoms with Gasteiger partial charge in [-0.25, -0.2) is 4.68 Å². The Morgan fingerprint density at radius 3 is 3.00 bits per heavy atom. The molecule has 108 valence electrons. The second kappa shape index (κ2) is 7.46. The number of ether oxygens (including phenoxy) is 1. The summed E-state index contributed by atoms with van der Waals surface area (Å²) in [6, 6.07) is 1.77. The summed E-state index contributed by atoms with van der Waals surface area (Å²) in [7, 11) is 0. The lowest BCUT2D eigenvalue weighted by Crippen LogP contribution is -2.27. The topological polar surface area (TPSA) is 67.9 Å². The van der Waals surface area contributed by atoms with Gasteiger partial charge in [-0.2, -0.15) is 10.4 Å². The van der Waals surface area contributed by atoms with Crippen molar-refractivity contribution in [2.75, 3.05) is 13.2 Å². The van der Waals surface area contributed by atoms with E-state index in [-0.39, 0.29) is 5.56 Å². The predicted octanol–water partition coefficient (Wildman–Crippen LogP) is 2.51. The van der Waals surface area contributed by atoms with Gasteiger partial charge in [-0.15, -0.1) is 0 Å². The maximum Gasteiger partial charge on any atom is 0.281 e. The Balaban J connectivity index is 2.06. The van der Waals surface area contributed by atoms with Crippen molar-refractivity contribution in [2.24, 2.45) is 0 Å². The molecule has 6 heteroatoms. The van der Waals surface area contributed by atoms with Gasteiger partial charge in [0.05, 0.1) is 23.7 Å². The van der Waals surface area contributed by atoms with E-state index in [1.54, 1.807) is 6.07 Å². The van der Waals surface area contributed by atoms with Crippen LogP contribution in [0, 0.1) is 10.7 Å². The van der Waals surface area contributed by atoms with Crippen molar-refractivity contribution in [3.63, 3.8) is 0 Å². The van der Waals surface area contributed by atoms with Gasteiger partial charge >= 0.3 is 0 Å². The van der Waals surface area contributed by atoms with Crippen molar-refractivity contribution in [2.45, 2.75) is 50.0 Å². The van der Waals surface area contributed by atoms with Gasteiger partial charge in [-0.1, -0.05) is 13.3 Å². The van der Waals surface area contributed by atoms with E-state index in [0.29, 0.717) is 30.6 Å². The molecule has 5 nitrogen and oxygen atoms in total. The molecule has 2 rings (SSSR count). The summed E-state index contributed by atoms with van der Waals surface area (Å²) in [5.41, 5.74) is 0.732. The second-order valence-corrected chi connectivity index (χ2v) is 5.72. The molecule has 20 heavy (non-hydrogen) atoms. The molecule has 1 fully saturated rings. The van der Waals surface area contributed by atoms with Crippen molar-refractivity contribution in [3.8, 4) is 5.40 Å². The third-order valence-electron chi connectivity index (χ3n) is 3.20. The fourth-order valence-corrected chi connectivity index (χ4v) is 2.36. The third kappa shape index (κ3) is 4.09. The summed E-state index contributed by atoms with van der Waals surface area (Å²) in [5.74, 6) is 0.459. The highest BCUT2D eigenvalue weighted by Crippen LogP contribution is 2.39. The van der Waals surface area contributed by atoms with Crippen LogP contribution in [0.3, 0.4) is 0 Å². The van der Waals surface area contributed by atoms with E-state index in [2.05, 4.69) is 12.0 Å². The van der Waals surface area contributed by atoms with Gasteiger partial charge in [0.2, 0.25) is 0 Å². The highest BCUT2D eigenvalue weighted by atomic mass is 32.2. The summed E-state index contributed by atoms with van der Waals surface area (Å²) >= 11 is 0.914. The lowest BCUT2D eigenvalue weighted by Gasteiger charge is -2.09. The molecule has 1 aliphatic carbocycles. The standard InChI is InChI=1S/C14H19N3O2S/c1-2-3-7-19-8-6-17-14(18)13(20-10-15)9-12(16-17)11-4-5-11/h9,11H,2-8H2,1H3. The molecule has 0 radical (unpaired) electrons. The van der Waals surface area contributed by atoms with E-state index in [1.807, 2.05) is 5.40 Å². The van der Waals surface area contributed by atoms with Gasteiger partial charge in [0.1, 0.15) is 5.40 Å². The highest BCUT2D eigenvalue weighted by molar-refractivity contribution is 8.03. The molecule has 1 saturated carbocycles. The molecule has 1 aliphatic rings. The van der Waals surface area contributed by atoms with Crippen molar-refractivity contribution in [1.82, 2.24) is 9.78 Å². The predicted molar refractivity (Wildman–Crippen MR) is 77.7 cm³/mol. The zero-order valence-electron chi connectivity index (χ0n) is 11.7. The second-order valence-electron chi connectivity index (χ2n) is 4.90. The van der Waals surface area contributed by atoms with Crippen molar-refractivity contribution in [1.29, 1.82) is 5.26 Å². The van der Waals surface area contributed by atoms with E-state index in [1.165, 1.54) is 4.68 Å². The highest BCUT2D eigenvalue weighted by Gasteiger charge is 2.26. The number of nitriles is 1. The molecular weight excluding hydrogens is 274 g/mol. The van der Waals surface area contributed by atoms with Crippen molar-refractivity contribution in [3.05, 3.63) is 22.1 Å². The number of rotatable bonds is 8. The summed E-state index contributed by atoms with van der Waals surface area (Å²) in [4.78, 5) is 12.6. The molecule has 0 spiro atoms. The average Bonchev–Trinajstić information content (AvgIpc) is 3.27. The summed E-state index contributed by atoms with van der Waals surface area (Å²) in [5, 5.41) is 15.1. The Hall–Kier alpha value is -1.32. The van der Waals surface area contributed by atoms with Gasteiger partial charge in [0.25, 0.3) is 5.56 Å². The van der Waals surface area contributed by atoms with Gasteiger partial charge in [-0.05, 0) is 37.1 Å². The van der Waals surface area contributed by atoms with Crippen LogP contribution in [0.15, 0.2) is 15.8 Å². The molecule has 0 saturated heterocycles. The van der Waals surface area contributed by atoms with Gasteiger partial charge < -0.3 is 4.74 Å². The Morgan fingerprint density at radius 2 is 2.35 bits per heavy atom. The van der Waals surface area contributed by atoms with E-state index in [4.69, 9.17) is 10.00 Å². The minimum absolute atomic E-state index is 0.194. The molecule has 1 aromatic heterocycles. The first-order valence-corrected chi connectivity index (χ1v) is 7.83. The van der Waals surface area contributed by atoms with Crippen molar-refractivity contribution >= 4 is 11.8 Å². The number of unbranched alkanes of at least 4 members (excludes halogenated alkanes) is 1. The average molecular weight is 293 g/mol. The smallest absolute Gasteiger partial charge is 0.281 e. The van der Waals surface area contributed by atoms with Gasteiger partial charge in [0, 0.05) is 12.5 Å². The summed E-state index contributed by atoms with van der Waals surface area (Å²) in [6.45, 7) is 3.76. The van der Waals surface area contributed by atoms with E-state index < -0.39 is 0 Å². The lowest BCUT2D eigenvalue weighted by atomic mass is 10.3. The monoisotopic (exact) mass is 293 g/mol. The zero-order valence-corrected chi connectivity index (χ0v) is 12.5. The number of aromatic nitrogens is 2. The number of thioether (sulfide) groups is 1. The van der Waals surface area contributed by atoms with Crippen LogP contribution in [0.25, 0.3) is 0 Å². The van der Waals surface area contributed by atoms with E-state index >= 15 is 0 Å². The van der Waals surface area contributed by atoms with Crippen molar-refractivity contribution < 1.29 is 4.74 Å². The van der Waals surface area contributed by atoms with Crippen LogP contribution < -0.4 is 5.56 Å². The lowest BCUT2D eigenvalue weighted by molar-refractivity contribution is 0.119. The normalized spacial score (nSPS) is 14.2.